The van der Waals surface area contributed by atoms with E-state index in [0.717, 1.165) is 12.6 Å². The third-order valence-electron chi connectivity index (χ3n) is 3.01. The van der Waals surface area contributed by atoms with E-state index in [0.29, 0.717) is 12.1 Å². The van der Waals surface area contributed by atoms with E-state index < -0.39 is 0 Å². The lowest BCUT2D eigenvalue weighted by molar-refractivity contribution is -0.0121. The first-order valence-corrected chi connectivity index (χ1v) is 6.13. The first kappa shape index (κ1) is 12.0. The predicted molar refractivity (Wildman–Crippen MR) is 60.6 cm³/mol. The maximum Gasteiger partial charge on any atom is 0.0604 e. The Hall–Kier alpha value is -0.0800. The summed E-state index contributed by atoms with van der Waals surface area (Å²) in [5.74, 6) is 0. The zero-order valence-corrected chi connectivity index (χ0v) is 9.88. The smallest absolute Gasteiger partial charge is 0.0604 e. The minimum atomic E-state index is 0.538. The fourth-order valence-corrected chi connectivity index (χ4v) is 2.07. The van der Waals surface area contributed by atoms with Gasteiger partial charge in [0, 0.05) is 18.7 Å². The minimum absolute atomic E-state index is 0.538. The molecule has 0 aromatic rings. The molecule has 0 heterocycles. The van der Waals surface area contributed by atoms with E-state index in [2.05, 4.69) is 26.1 Å². The molecule has 1 N–H and O–H groups in total. The molecule has 0 radical (unpaired) electrons. The largest absolute Gasteiger partial charge is 0.378 e. The van der Waals surface area contributed by atoms with Gasteiger partial charge in [-0.15, -0.1) is 0 Å². The monoisotopic (exact) mass is 199 g/mol. The Morgan fingerprint density at radius 1 is 1.36 bits per heavy atom. The summed E-state index contributed by atoms with van der Waals surface area (Å²) in [4.78, 5) is 0. The van der Waals surface area contributed by atoms with Crippen LogP contribution >= 0.6 is 0 Å². The molecule has 2 heteroatoms. The molecule has 14 heavy (non-hydrogen) atoms. The van der Waals surface area contributed by atoms with Crippen LogP contribution in [0, 0.1) is 0 Å². The molecule has 1 saturated carbocycles. The van der Waals surface area contributed by atoms with Crippen LogP contribution in [0.4, 0.5) is 0 Å². The highest BCUT2D eigenvalue weighted by atomic mass is 16.5. The van der Waals surface area contributed by atoms with Crippen molar-refractivity contribution in [3.05, 3.63) is 0 Å². The highest BCUT2D eigenvalue weighted by molar-refractivity contribution is 4.87. The van der Waals surface area contributed by atoms with Gasteiger partial charge in [-0.3, -0.25) is 0 Å². The van der Waals surface area contributed by atoms with E-state index in [1.54, 1.807) is 0 Å². The van der Waals surface area contributed by atoms with E-state index in [1.807, 2.05) is 0 Å². The van der Waals surface area contributed by atoms with Crippen LogP contribution < -0.4 is 5.32 Å². The summed E-state index contributed by atoms with van der Waals surface area (Å²) >= 11 is 0. The number of ether oxygens (including phenoxy) is 1. The molecular formula is C12H25NO. The molecule has 0 saturated heterocycles. The molecule has 0 bridgehead atoms. The van der Waals surface area contributed by atoms with Crippen LogP contribution in [0.1, 0.15) is 52.9 Å². The third kappa shape index (κ3) is 3.97. The standard InChI is InChI=1S/C12H25NO/c1-4-6-7-10(3)13-11-8-12(9-11)14-5-2/h10-13H,4-9H2,1-3H3. The van der Waals surface area contributed by atoms with Crippen molar-refractivity contribution in [2.24, 2.45) is 0 Å². The third-order valence-corrected chi connectivity index (χ3v) is 3.01. The Morgan fingerprint density at radius 2 is 2.07 bits per heavy atom. The summed E-state index contributed by atoms with van der Waals surface area (Å²) in [6.07, 6.45) is 6.92. The van der Waals surface area contributed by atoms with Crippen molar-refractivity contribution in [3.63, 3.8) is 0 Å². The number of rotatable bonds is 7. The maximum atomic E-state index is 5.53. The molecular weight excluding hydrogens is 174 g/mol. The van der Waals surface area contributed by atoms with Gasteiger partial charge in [0.25, 0.3) is 0 Å². The normalized spacial score (nSPS) is 28.5. The van der Waals surface area contributed by atoms with Gasteiger partial charge in [0.15, 0.2) is 0 Å². The van der Waals surface area contributed by atoms with Crippen LogP contribution in [0.15, 0.2) is 0 Å². The lowest BCUT2D eigenvalue weighted by Gasteiger charge is -2.37. The first-order chi connectivity index (χ1) is 6.76. The zero-order chi connectivity index (χ0) is 10.4. The number of nitrogens with one attached hydrogen (secondary N) is 1. The summed E-state index contributed by atoms with van der Waals surface area (Å²) in [6.45, 7) is 7.48. The van der Waals surface area contributed by atoms with E-state index >= 15 is 0 Å². The predicted octanol–water partition coefficient (Wildman–Crippen LogP) is 2.72. The Labute approximate surface area is 88.4 Å². The summed E-state index contributed by atoms with van der Waals surface area (Å²) in [5.41, 5.74) is 0. The van der Waals surface area contributed by atoms with Crippen LogP contribution in [0.2, 0.25) is 0 Å². The van der Waals surface area contributed by atoms with Crippen molar-refractivity contribution in [2.75, 3.05) is 6.61 Å². The molecule has 1 atom stereocenters. The number of hydrogen-bond donors (Lipinski definition) is 1. The molecule has 1 aliphatic rings. The SMILES string of the molecule is CCCCC(C)NC1CC(OCC)C1. The molecule has 1 rings (SSSR count). The van der Waals surface area contributed by atoms with Gasteiger partial charge in [-0.25, -0.2) is 0 Å². The van der Waals surface area contributed by atoms with Gasteiger partial charge in [-0.05, 0) is 33.1 Å². The van der Waals surface area contributed by atoms with Crippen LogP contribution in [0.3, 0.4) is 0 Å². The van der Waals surface area contributed by atoms with E-state index in [9.17, 15) is 0 Å². The van der Waals surface area contributed by atoms with Crippen molar-refractivity contribution < 1.29 is 4.74 Å². The first-order valence-electron chi connectivity index (χ1n) is 6.13. The van der Waals surface area contributed by atoms with Gasteiger partial charge in [0.05, 0.1) is 6.10 Å². The molecule has 0 aliphatic heterocycles. The number of hydrogen-bond acceptors (Lipinski definition) is 2. The van der Waals surface area contributed by atoms with Crippen molar-refractivity contribution in [1.29, 1.82) is 0 Å². The Bertz CT molecular complexity index is 143. The van der Waals surface area contributed by atoms with Gasteiger partial charge in [-0.2, -0.15) is 0 Å². The van der Waals surface area contributed by atoms with Crippen molar-refractivity contribution >= 4 is 0 Å². The molecule has 0 aromatic heterocycles. The van der Waals surface area contributed by atoms with E-state index in [1.165, 1.54) is 32.1 Å². The lowest BCUT2D eigenvalue weighted by atomic mass is 9.88. The fourth-order valence-electron chi connectivity index (χ4n) is 2.07. The molecule has 1 aliphatic carbocycles. The van der Waals surface area contributed by atoms with Crippen LogP contribution in [-0.4, -0.2) is 24.8 Å². The molecule has 1 fully saturated rings. The molecule has 0 aromatic carbocycles. The number of unbranched alkanes of at least 4 members (excludes halogenated alkanes) is 1. The average Bonchev–Trinajstić information content (AvgIpc) is 2.11. The van der Waals surface area contributed by atoms with E-state index in [-0.39, 0.29) is 0 Å². The van der Waals surface area contributed by atoms with Crippen LogP contribution in [0.5, 0.6) is 0 Å². The van der Waals surface area contributed by atoms with Gasteiger partial charge in [-0.1, -0.05) is 19.8 Å². The van der Waals surface area contributed by atoms with Crippen molar-refractivity contribution in [1.82, 2.24) is 5.32 Å². The van der Waals surface area contributed by atoms with Crippen molar-refractivity contribution in [3.8, 4) is 0 Å². The van der Waals surface area contributed by atoms with E-state index in [4.69, 9.17) is 4.74 Å². The molecule has 2 nitrogen and oxygen atoms in total. The summed E-state index contributed by atoms with van der Waals surface area (Å²) in [7, 11) is 0. The van der Waals surface area contributed by atoms with Crippen LogP contribution in [0.25, 0.3) is 0 Å². The van der Waals surface area contributed by atoms with Gasteiger partial charge >= 0.3 is 0 Å². The van der Waals surface area contributed by atoms with Gasteiger partial charge < -0.3 is 10.1 Å². The second-order valence-electron chi connectivity index (χ2n) is 4.46. The van der Waals surface area contributed by atoms with Gasteiger partial charge in [0.2, 0.25) is 0 Å². The quantitative estimate of drug-likeness (QED) is 0.680. The zero-order valence-electron chi connectivity index (χ0n) is 9.88. The van der Waals surface area contributed by atoms with Crippen LogP contribution in [-0.2, 0) is 4.74 Å². The molecule has 1 unspecified atom stereocenters. The highest BCUT2D eigenvalue weighted by Gasteiger charge is 2.29. The highest BCUT2D eigenvalue weighted by Crippen LogP contribution is 2.23. The second-order valence-corrected chi connectivity index (χ2v) is 4.46. The minimum Gasteiger partial charge on any atom is -0.378 e. The lowest BCUT2D eigenvalue weighted by Crippen LogP contribution is -2.48. The van der Waals surface area contributed by atoms with Gasteiger partial charge in [0.1, 0.15) is 0 Å². The Balaban J connectivity index is 1.98. The fraction of sp³-hybridized carbons (Fsp3) is 1.00. The second kappa shape index (κ2) is 6.41. The van der Waals surface area contributed by atoms with Crippen molar-refractivity contribution in [2.45, 2.75) is 71.1 Å². The average molecular weight is 199 g/mol. The Morgan fingerprint density at radius 3 is 2.64 bits per heavy atom. The molecule has 0 amide bonds. The topological polar surface area (TPSA) is 21.3 Å². The maximum absolute atomic E-state index is 5.53. The summed E-state index contributed by atoms with van der Waals surface area (Å²) in [6, 6.07) is 1.40. The Kier molecular flexibility index (Phi) is 5.49. The molecule has 84 valence electrons. The summed E-state index contributed by atoms with van der Waals surface area (Å²) < 4.78 is 5.53. The molecule has 0 spiro atoms. The summed E-state index contributed by atoms with van der Waals surface area (Å²) in [5, 5.41) is 3.66.